The summed E-state index contributed by atoms with van der Waals surface area (Å²) in [5.74, 6) is 1.06. The summed E-state index contributed by atoms with van der Waals surface area (Å²) in [5, 5.41) is 9.57. The van der Waals surface area contributed by atoms with Crippen LogP contribution in [0.3, 0.4) is 0 Å². The maximum atomic E-state index is 12.3. The van der Waals surface area contributed by atoms with E-state index in [-0.39, 0.29) is 36.4 Å². The fourth-order valence-electron chi connectivity index (χ4n) is 3.46. The second-order valence-corrected chi connectivity index (χ2v) is 7.64. The number of carbonyl (C=O) groups excluding carboxylic acids is 1. The zero-order valence-electron chi connectivity index (χ0n) is 18.7. The topological polar surface area (TPSA) is 78.0 Å². The van der Waals surface area contributed by atoms with E-state index >= 15 is 0 Å². The lowest BCUT2D eigenvalue weighted by atomic mass is 10.0. The standard InChI is InChI=1S/C22H37N5O2.HI/c1-5-18-8-7-9-19(14-18)26-21(28)16-25-22(23-6-2)24-15-20(17(3)4)27-10-12-29-13-11-27;/h7-9,14,17,20H,5-6,10-13,15-16H2,1-4H3,(H,26,28)(H2,23,24,25);1H. The third-order valence-corrected chi connectivity index (χ3v) is 5.11. The van der Waals surface area contributed by atoms with Crippen molar-refractivity contribution >= 4 is 41.5 Å². The number of rotatable bonds is 9. The van der Waals surface area contributed by atoms with Crippen LogP contribution in [0.4, 0.5) is 5.69 Å². The van der Waals surface area contributed by atoms with E-state index < -0.39 is 0 Å². The second-order valence-electron chi connectivity index (χ2n) is 7.64. The fourth-order valence-corrected chi connectivity index (χ4v) is 3.46. The lowest BCUT2D eigenvalue weighted by Gasteiger charge is -2.37. The van der Waals surface area contributed by atoms with Crippen molar-refractivity contribution < 1.29 is 9.53 Å². The summed E-state index contributed by atoms with van der Waals surface area (Å²) in [6, 6.07) is 8.32. The molecule has 1 amide bonds. The Hall–Kier alpha value is -1.39. The van der Waals surface area contributed by atoms with Gasteiger partial charge in [0.25, 0.3) is 0 Å². The number of hydrogen-bond acceptors (Lipinski definition) is 4. The first-order chi connectivity index (χ1) is 14.0. The summed E-state index contributed by atoms with van der Waals surface area (Å²) in [4.78, 5) is 19.3. The van der Waals surface area contributed by atoms with E-state index in [1.54, 1.807) is 0 Å². The number of carbonyl (C=O) groups is 1. The van der Waals surface area contributed by atoms with Gasteiger partial charge < -0.3 is 20.7 Å². The first kappa shape index (κ1) is 26.6. The molecule has 1 atom stereocenters. The van der Waals surface area contributed by atoms with Crippen LogP contribution in [-0.4, -0.2) is 68.7 Å². The van der Waals surface area contributed by atoms with E-state index in [0.717, 1.165) is 51.5 Å². The highest BCUT2D eigenvalue weighted by Gasteiger charge is 2.23. The maximum absolute atomic E-state index is 12.3. The van der Waals surface area contributed by atoms with Crippen molar-refractivity contribution in [2.45, 2.75) is 40.2 Å². The number of halogens is 1. The van der Waals surface area contributed by atoms with E-state index in [1.807, 2.05) is 25.1 Å². The van der Waals surface area contributed by atoms with E-state index in [9.17, 15) is 4.79 Å². The molecule has 170 valence electrons. The molecule has 1 heterocycles. The Kier molecular flexibility index (Phi) is 13.0. The first-order valence-corrected chi connectivity index (χ1v) is 10.8. The summed E-state index contributed by atoms with van der Waals surface area (Å²) in [6.07, 6.45) is 0.941. The molecule has 1 aromatic rings. The lowest BCUT2D eigenvalue weighted by molar-refractivity contribution is -0.114. The van der Waals surface area contributed by atoms with Gasteiger partial charge in [-0.3, -0.25) is 9.69 Å². The van der Waals surface area contributed by atoms with Gasteiger partial charge in [-0.15, -0.1) is 24.0 Å². The largest absolute Gasteiger partial charge is 0.379 e. The number of aliphatic imine (C=N–C) groups is 1. The Balaban J connectivity index is 0.00000450. The van der Waals surface area contributed by atoms with Gasteiger partial charge in [-0.05, 0) is 37.0 Å². The summed E-state index contributed by atoms with van der Waals surface area (Å²) in [6.45, 7) is 13.7. The zero-order valence-corrected chi connectivity index (χ0v) is 21.1. The van der Waals surface area contributed by atoms with Crippen LogP contribution in [0.2, 0.25) is 0 Å². The smallest absolute Gasteiger partial charge is 0.246 e. The van der Waals surface area contributed by atoms with Crippen molar-refractivity contribution in [3.05, 3.63) is 29.8 Å². The summed E-state index contributed by atoms with van der Waals surface area (Å²) in [7, 11) is 0. The molecule has 1 aliphatic rings. The molecule has 1 fully saturated rings. The minimum atomic E-state index is -0.121. The van der Waals surface area contributed by atoms with Crippen LogP contribution in [0.15, 0.2) is 29.3 Å². The van der Waals surface area contributed by atoms with Crippen LogP contribution >= 0.6 is 24.0 Å². The molecule has 0 aliphatic carbocycles. The van der Waals surface area contributed by atoms with Crippen LogP contribution in [0.25, 0.3) is 0 Å². The summed E-state index contributed by atoms with van der Waals surface area (Å²) >= 11 is 0. The monoisotopic (exact) mass is 531 g/mol. The van der Waals surface area contributed by atoms with Crippen molar-refractivity contribution in [2.75, 3.05) is 51.3 Å². The van der Waals surface area contributed by atoms with Gasteiger partial charge in [0, 0.05) is 37.9 Å². The number of ether oxygens (including phenoxy) is 1. The quantitative estimate of drug-likeness (QED) is 0.260. The van der Waals surface area contributed by atoms with E-state index in [0.29, 0.717) is 17.9 Å². The number of hydrogen-bond donors (Lipinski definition) is 3. The van der Waals surface area contributed by atoms with Crippen molar-refractivity contribution in [1.82, 2.24) is 15.5 Å². The van der Waals surface area contributed by atoms with Crippen molar-refractivity contribution in [3.8, 4) is 0 Å². The number of aryl methyl sites for hydroxylation is 1. The molecule has 2 rings (SSSR count). The molecule has 1 aliphatic heterocycles. The number of nitrogens with zero attached hydrogens (tertiary/aromatic N) is 2. The van der Waals surface area contributed by atoms with Gasteiger partial charge in [-0.1, -0.05) is 32.9 Å². The molecule has 30 heavy (non-hydrogen) atoms. The predicted octanol–water partition coefficient (Wildman–Crippen LogP) is 2.72. The number of anilines is 1. The minimum absolute atomic E-state index is 0. The number of guanidine groups is 1. The van der Waals surface area contributed by atoms with Crippen LogP contribution in [-0.2, 0) is 16.0 Å². The molecule has 0 spiro atoms. The van der Waals surface area contributed by atoms with Crippen LogP contribution < -0.4 is 16.0 Å². The molecule has 7 nitrogen and oxygen atoms in total. The van der Waals surface area contributed by atoms with E-state index in [4.69, 9.17) is 4.74 Å². The van der Waals surface area contributed by atoms with Crippen molar-refractivity contribution in [1.29, 1.82) is 0 Å². The van der Waals surface area contributed by atoms with Gasteiger partial charge in [-0.2, -0.15) is 0 Å². The molecule has 3 N–H and O–H groups in total. The summed E-state index contributed by atoms with van der Waals surface area (Å²) < 4.78 is 5.48. The second kappa shape index (κ2) is 14.6. The van der Waals surface area contributed by atoms with E-state index in [1.165, 1.54) is 5.56 Å². The third kappa shape index (κ3) is 9.18. The Morgan fingerprint density at radius 2 is 1.93 bits per heavy atom. The highest BCUT2D eigenvalue weighted by molar-refractivity contribution is 14.0. The van der Waals surface area contributed by atoms with Gasteiger partial charge in [0.15, 0.2) is 5.96 Å². The Morgan fingerprint density at radius 3 is 2.57 bits per heavy atom. The van der Waals surface area contributed by atoms with E-state index in [2.05, 4.69) is 52.7 Å². The Labute approximate surface area is 198 Å². The molecule has 0 radical (unpaired) electrons. The van der Waals surface area contributed by atoms with Crippen LogP contribution in [0.5, 0.6) is 0 Å². The number of morpholine rings is 1. The third-order valence-electron chi connectivity index (χ3n) is 5.11. The van der Waals surface area contributed by atoms with Crippen molar-refractivity contribution in [2.24, 2.45) is 10.9 Å². The average molecular weight is 531 g/mol. The van der Waals surface area contributed by atoms with Crippen LogP contribution in [0.1, 0.15) is 33.3 Å². The molecule has 1 saturated heterocycles. The van der Waals surface area contributed by atoms with Crippen molar-refractivity contribution in [3.63, 3.8) is 0 Å². The summed E-state index contributed by atoms with van der Waals surface area (Å²) in [5.41, 5.74) is 2.01. The normalized spacial score (nSPS) is 16.0. The predicted molar refractivity (Wildman–Crippen MR) is 135 cm³/mol. The molecule has 0 aromatic heterocycles. The number of nitrogens with one attached hydrogen (secondary N) is 3. The Bertz CT molecular complexity index is 663. The van der Waals surface area contributed by atoms with Gasteiger partial charge in [0.05, 0.1) is 13.2 Å². The minimum Gasteiger partial charge on any atom is -0.379 e. The molecule has 1 aromatic carbocycles. The van der Waals surface area contributed by atoms with Crippen LogP contribution in [0, 0.1) is 5.92 Å². The molecule has 0 saturated carbocycles. The lowest BCUT2D eigenvalue weighted by Crippen LogP contribution is -2.52. The highest BCUT2D eigenvalue weighted by atomic mass is 127. The molecule has 0 bridgehead atoms. The first-order valence-electron chi connectivity index (χ1n) is 10.8. The fraction of sp³-hybridized carbons (Fsp3) is 0.636. The molecular formula is C22H38IN5O2. The molecule has 8 heteroatoms. The van der Waals surface area contributed by atoms with Gasteiger partial charge in [0.1, 0.15) is 6.54 Å². The number of amides is 1. The molecular weight excluding hydrogens is 493 g/mol. The Morgan fingerprint density at radius 1 is 1.20 bits per heavy atom. The maximum Gasteiger partial charge on any atom is 0.246 e. The van der Waals surface area contributed by atoms with Gasteiger partial charge in [-0.25, -0.2) is 4.99 Å². The SMILES string of the molecule is CCNC(=NCC(=O)Nc1cccc(CC)c1)NCC(C(C)C)N1CCOCC1.I. The molecule has 1 unspecified atom stereocenters. The average Bonchev–Trinajstić information content (AvgIpc) is 2.72. The zero-order chi connectivity index (χ0) is 21.1. The van der Waals surface area contributed by atoms with Gasteiger partial charge >= 0.3 is 0 Å². The van der Waals surface area contributed by atoms with Gasteiger partial charge in [0.2, 0.25) is 5.91 Å². The highest BCUT2D eigenvalue weighted by Crippen LogP contribution is 2.12. The number of benzene rings is 1.